The molecule has 62 valence electrons. The van der Waals surface area contributed by atoms with E-state index in [1.165, 1.54) is 6.20 Å². The van der Waals surface area contributed by atoms with Crippen LogP contribution >= 0.6 is 11.6 Å². The largest absolute Gasteiger partial charge is 0.390 e. The van der Waals surface area contributed by atoms with Crippen molar-refractivity contribution in [3.63, 3.8) is 0 Å². The molecule has 0 bridgehead atoms. The summed E-state index contributed by atoms with van der Waals surface area (Å²) in [6.45, 7) is -0.0824. The maximum Gasteiger partial charge on any atom is 0.235 e. The molecule has 0 amide bonds. The minimum absolute atomic E-state index is 0.0824. The molecular formula is C7H6ClN3O. The summed E-state index contributed by atoms with van der Waals surface area (Å²) < 4.78 is 1.64. The molecule has 2 heterocycles. The Hall–Kier alpha value is -1.13. The van der Waals surface area contributed by atoms with E-state index in [0.29, 0.717) is 16.6 Å². The summed E-state index contributed by atoms with van der Waals surface area (Å²) >= 11 is 5.77. The fourth-order valence-corrected chi connectivity index (χ4v) is 1.15. The average Bonchev–Trinajstić information content (AvgIpc) is 2.47. The number of nitrogens with zero attached hydrogens (tertiary/aromatic N) is 3. The van der Waals surface area contributed by atoms with Crippen LogP contribution in [0.2, 0.25) is 5.15 Å². The Morgan fingerprint density at radius 3 is 3.17 bits per heavy atom. The van der Waals surface area contributed by atoms with Gasteiger partial charge in [-0.25, -0.2) is 9.97 Å². The Bertz CT molecular complexity index is 412. The lowest BCUT2D eigenvalue weighted by Crippen LogP contribution is -1.94. The molecule has 0 atom stereocenters. The highest BCUT2D eigenvalue weighted by atomic mass is 35.5. The predicted octanol–water partition coefficient (Wildman–Crippen LogP) is 0.875. The van der Waals surface area contributed by atoms with Crippen LogP contribution < -0.4 is 0 Å². The standard InChI is InChI=1S/C7H6ClN3O/c8-6-3-9-7-10-5(4-12)1-2-11(6)7/h1-3,12H,4H2. The van der Waals surface area contributed by atoms with Crippen molar-refractivity contribution in [1.29, 1.82) is 0 Å². The molecule has 2 aromatic heterocycles. The Balaban J connectivity index is 2.69. The van der Waals surface area contributed by atoms with Gasteiger partial charge in [0.05, 0.1) is 18.5 Å². The van der Waals surface area contributed by atoms with E-state index >= 15 is 0 Å². The first-order valence-corrected chi connectivity index (χ1v) is 3.78. The summed E-state index contributed by atoms with van der Waals surface area (Å²) in [6, 6.07) is 1.70. The van der Waals surface area contributed by atoms with E-state index in [-0.39, 0.29) is 6.61 Å². The third-order valence-corrected chi connectivity index (χ3v) is 1.83. The molecule has 0 aliphatic rings. The van der Waals surface area contributed by atoms with Crippen molar-refractivity contribution >= 4 is 17.4 Å². The molecule has 0 aromatic carbocycles. The second-order valence-electron chi connectivity index (χ2n) is 2.33. The van der Waals surface area contributed by atoms with Gasteiger partial charge < -0.3 is 5.11 Å². The number of hydrogen-bond acceptors (Lipinski definition) is 3. The van der Waals surface area contributed by atoms with Gasteiger partial charge in [-0.3, -0.25) is 4.40 Å². The van der Waals surface area contributed by atoms with Gasteiger partial charge in [-0.15, -0.1) is 0 Å². The van der Waals surface area contributed by atoms with Crippen molar-refractivity contribution in [3.8, 4) is 0 Å². The summed E-state index contributed by atoms with van der Waals surface area (Å²) in [5.41, 5.74) is 0.588. The Morgan fingerprint density at radius 1 is 1.58 bits per heavy atom. The zero-order valence-corrected chi connectivity index (χ0v) is 6.86. The van der Waals surface area contributed by atoms with Gasteiger partial charge in [0.1, 0.15) is 5.15 Å². The van der Waals surface area contributed by atoms with Gasteiger partial charge in [-0.1, -0.05) is 11.6 Å². The van der Waals surface area contributed by atoms with E-state index in [2.05, 4.69) is 9.97 Å². The first-order chi connectivity index (χ1) is 5.81. The Labute approximate surface area is 73.5 Å². The number of halogens is 1. The second kappa shape index (κ2) is 2.73. The van der Waals surface area contributed by atoms with Crippen molar-refractivity contribution < 1.29 is 5.11 Å². The summed E-state index contributed by atoms with van der Waals surface area (Å²) in [5.74, 6) is 0.506. The van der Waals surface area contributed by atoms with Gasteiger partial charge in [0, 0.05) is 6.20 Å². The third-order valence-electron chi connectivity index (χ3n) is 1.55. The van der Waals surface area contributed by atoms with Crippen molar-refractivity contribution in [1.82, 2.24) is 14.4 Å². The zero-order chi connectivity index (χ0) is 8.55. The molecule has 0 spiro atoms. The molecule has 0 saturated carbocycles. The van der Waals surface area contributed by atoms with E-state index in [0.717, 1.165) is 0 Å². The van der Waals surface area contributed by atoms with Crippen LogP contribution in [0.15, 0.2) is 18.5 Å². The van der Waals surface area contributed by atoms with Gasteiger partial charge in [0.25, 0.3) is 0 Å². The normalized spacial score (nSPS) is 10.8. The number of hydrogen-bond donors (Lipinski definition) is 1. The number of aliphatic hydroxyl groups excluding tert-OH is 1. The van der Waals surface area contributed by atoms with Crippen LogP contribution in [-0.2, 0) is 6.61 Å². The van der Waals surface area contributed by atoms with Crippen LogP contribution in [0, 0.1) is 0 Å². The summed E-state index contributed by atoms with van der Waals surface area (Å²) in [4.78, 5) is 7.97. The lowest BCUT2D eigenvalue weighted by molar-refractivity contribution is 0.277. The SMILES string of the molecule is OCc1ccn2c(Cl)cnc2n1. The second-order valence-corrected chi connectivity index (χ2v) is 2.72. The molecule has 0 unspecified atom stereocenters. The lowest BCUT2D eigenvalue weighted by Gasteiger charge is -1.96. The van der Waals surface area contributed by atoms with Crippen LogP contribution in [0.4, 0.5) is 0 Å². The number of aliphatic hydroxyl groups is 1. The highest BCUT2D eigenvalue weighted by molar-refractivity contribution is 6.29. The first-order valence-electron chi connectivity index (χ1n) is 3.40. The highest BCUT2D eigenvalue weighted by Gasteiger charge is 2.01. The van der Waals surface area contributed by atoms with Gasteiger partial charge in [0.2, 0.25) is 5.78 Å². The fourth-order valence-electron chi connectivity index (χ4n) is 0.966. The van der Waals surface area contributed by atoms with Crippen LogP contribution in [0.3, 0.4) is 0 Å². The molecule has 4 nitrogen and oxygen atoms in total. The number of imidazole rings is 1. The minimum atomic E-state index is -0.0824. The quantitative estimate of drug-likeness (QED) is 0.714. The van der Waals surface area contributed by atoms with Gasteiger partial charge in [-0.2, -0.15) is 0 Å². The number of aromatic nitrogens is 3. The monoisotopic (exact) mass is 183 g/mol. The van der Waals surface area contributed by atoms with Gasteiger partial charge in [0.15, 0.2) is 0 Å². The van der Waals surface area contributed by atoms with Crippen molar-refractivity contribution in [3.05, 3.63) is 29.3 Å². The summed E-state index contributed by atoms with van der Waals surface area (Å²) in [7, 11) is 0. The van der Waals surface area contributed by atoms with E-state index in [4.69, 9.17) is 16.7 Å². The van der Waals surface area contributed by atoms with Gasteiger partial charge >= 0.3 is 0 Å². The maximum absolute atomic E-state index is 8.77. The molecule has 0 saturated heterocycles. The van der Waals surface area contributed by atoms with E-state index in [1.807, 2.05) is 0 Å². The molecule has 0 fully saturated rings. The Morgan fingerprint density at radius 2 is 2.42 bits per heavy atom. The van der Waals surface area contributed by atoms with E-state index in [9.17, 15) is 0 Å². The van der Waals surface area contributed by atoms with Crippen molar-refractivity contribution in [2.24, 2.45) is 0 Å². The molecule has 0 aliphatic carbocycles. The van der Waals surface area contributed by atoms with Crippen LogP contribution in [0.5, 0.6) is 0 Å². The van der Waals surface area contributed by atoms with Crippen molar-refractivity contribution in [2.75, 3.05) is 0 Å². The predicted molar refractivity (Wildman–Crippen MR) is 43.9 cm³/mol. The van der Waals surface area contributed by atoms with Gasteiger partial charge in [-0.05, 0) is 6.07 Å². The molecule has 0 aliphatic heterocycles. The highest BCUT2D eigenvalue weighted by Crippen LogP contribution is 2.10. The fraction of sp³-hybridized carbons (Fsp3) is 0.143. The topological polar surface area (TPSA) is 50.4 Å². The third kappa shape index (κ3) is 1.05. The molecular weight excluding hydrogens is 178 g/mol. The first kappa shape index (κ1) is 7.52. The van der Waals surface area contributed by atoms with Crippen molar-refractivity contribution in [2.45, 2.75) is 6.61 Å². The lowest BCUT2D eigenvalue weighted by atomic mass is 10.4. The molecule has 0 radical (unpaired) electrons. The molecule has 1 N–H and O–H groups in total. The maximum atomic E-state index is 8.77. The Kier molecular flexibility index (Phi) is 1.71. The molecule has 2 rings (SSSR count). The van der Waals surface area contributed by atoms with Crippen LogP contribution in [0.1, 0.15) is 5.69 Å². The molecule has 5 heteroatoms. The number of rotatable bonds is 1. The van der Waals surface area contributed by atoms with E-state index in [1.54, 1.807) is 16.7 Å². The van der Waals surface area contributed by atoms with Crippen LogP contribution in [-0.4, -0.2) is 19.5 Å². The summed E-state index contributed by atoms with van der Waals surface area (Å²) in [5, 5.41) is 9.29. The number of fused-ring (bicyclic) bond motifs is 1. The smallest absolute Gasteiger partial charge is 0.235 e. The summed E-state index contributed by atoms with van der Waals surface area (Å²) in [6.07, 6.45) is 3.24. The molecule has 12 heavy (non-hydrogen) atoms. The van der Waals surface area contributed by atoms with E-state index < -0.39 is 0 Å². The molecule has 2 aromatic rings. The zero-order valence-electron chi connectivity index (χ0n) is 6.11. The minimum Gasteiger partial charge on any atom is -0.390 e. The average molecular weight is 184 g/mol. The van der Waals surface area contributed by atoms with Crippen LogP contribution in [0.25, 0.3) is 5.78 Å².